The SMILES string of the molecule is COCCC(C)NCCC1CCCCN1C. The van der Waals surface area contributed by atoms with Crippen LogP contribution >= 0.6 is 0 Å². The molecule has 1 N–H and O–H groups in total. The number of hydrogen-bond acceptors (Lipinski definition) is 3. The number of likely N-dealkylation sites (tertiary alicyclic amines) is 1. The maximum absolute atomic E-state index is 5.08. The largest absolute Gasteiger partial charge is 0.385 e. The molecule has 0 aromatic heterocycles. The first kappa shape index (κ1) is 13.9. The summed E-state index contributed by atoms with van der Waals surface area (Å²) in [4.78, 5) is 2.52. The predicted octanol–water partition coefficient (Wildman–Crippen LogP) is 1.88. The maximum atomic E-state index is 5.08. The van der Waals surface area contributed by atoms with Gasteiger partial charge in [-0.1, -0.05) is 6.42 Å². The van der Waals surface area contributed by atoms with Crippen molar-refractivity contribution < 1.29 is 4.74 Å². The Hall–Kier alpha value is -0.120. The van der Waals surface area contributed by atoms with Gasteiger partial charge < -0.3 is 15.0 Å². The van der Waals surface area contributed by atoms with E-state index in [2.05, 4.69) is 24.2 Å². The molecular weight excluding hydrogens is 200 g/mol. The zero-order chi connectivity index (χ0) is 11.8. The molecule has 2 unspecified atom stereocenters. The Morgan fingerprint density at radius 2 is 2.25 bits per heavy atom. The lowest BCUT2D eigenvalue weighted by molar-refractivity contribution is 0.169. The van der Waals surface area contributed by atoms with Crippen LogP contribution in [0.4, 0.5) is 0 Å². The Labute approximate surface area is 101 Å². The maximum Gasteiger partial charge on any atom is 0.0476 e. The topological polar surface area (TPSA) is 24.5 Å². The van der Waals surface area contributed by atoms with Gasteiger partial charge in [-0.15, -0.1) is 0 Å². The molecule has 1 fully saturated rings. The molecule has 2 atom stereocenters. The van der Waals surface area contributed by atoms with Gasteiger partial charge in [0.2, 0.25) is 0 Å². The van der Waals surface area contributed by atoms with Crippen molar-refractivity contribution in [2.24, 2.45) is 0 Å². The lowest BCUT2D eigenvalue weighted by Crippen LogP contribution is -2.39. The molecule has 1 aliphatic heterocycles. The number of rotatable bonds is 7. The van der Waals surface area contributed by atoms with Gasteiger partial charge in [-0.05, 0) is 52.7 Å². The molecule has 0 bridgehead atoms. The van der Waals surface area contributed by atoms with Crippen LogP contribution in [0, 0.1) is 0 Å². The average Bonchev–Trinajstić information content (AvgIpc) is 2.29. The van der Waals surface area contributed by atoms with Crippen molar-refractivity contribution in [2.75, 3.05) is 33.9 Å². The molecule has 1 heterocycles. The van der Waals surface area contributed by atoms with Crippen LogP contribution < -0.4 is 5.32 Å². The van der Waals surface area contributed by atoms with E-state index < -0.39 is 0 Å². The first-order chi connectivity index (χ1) is 7.74. The minimum absolute atomic E-state index is 0.578. The monoisotopic (exact) mass is 228 g/mol. The van der Waals surface area contributed by atoms with E-state index in [1.807, 2.05) is 0 Å². The molecule has 1 rings (SSSR count). The summed E-state index contributed by atoms with van der Waals surface area (Å²) in [6.07, 6.45) is 6.56. The highest BCUT2D eigenvalue weighted by Crippen LogP contribution is 2.17. The van der Waals surface area contributed by atoms with Gasteiger partial charge in [0.15, 0.2) is 0 Å². The predicted molar refractivity (Wildman–Crippen MR) is 68.8 cm³/mol. The molecule has 96 valence electrons. The van der Waals surface area contributed by atoms with E-state index in [0.717, 1.165) is 25.6 Å². The second-order valence-electron chi connectivity index (χ2n) is 5.06. The van der Waals surface area contributed by atoms with Crippen LogP contribution in [0.2, 0.25) is 0 Å². The molecule has 3 nitrogen and oxygen atoms in total. The van der Waals surface area contributed by atoms with Crippen LogP contribution in [0.5, 0.6) is 0 Å². The van der Waals surface area contributed by atoms with E-state index in [-0.39, 0.29) is 0 Å². The van der Waals surface area contributed by atoms with Gasteiger partial charge in [0.1, 0.15) is 0 Å². The van der Waals surface area contributed by atoms with Crippen molar-refractivity contribution in [1.82, 2.24) is 10.2 Å². The molecule has 0 spiro atoms. The van der Waals surface area contributed by atoms with Crippen molar-refractivity contribution >= 4 is 0 Å². The number of methoxy groups -OCH3 is 1. The third-order valence-corrected chi connectivity index (χ3v) is 3.65. The number of ether oxygens (including phenoxy) is 1. The Bertz CT molecular complexity index is 175. The van der Waals surface area contributed by atoms with E-state index in [9.17, 15) is 0 Å². The molecule has 1 saturated heterocycles. The highest BCUT2D eigenvalue weighted by molar-refractivity contribution is 4.75. The van der Waals surface area contributed by atoms with Crippen molar-refractivity contribution in [3.8, 4) is 0 Å². The van der Waals surface area contributed by atoms with Crippen LogP contribution in [0.15, 0.2) is 0 Å². The van der Waals surface area contributed by atoms with E-state index >= 15 is 0 Å². The Morgan fingerprint density at radius 1 is 1.44 bits per heavy atom. The van der Waals surface area contributed by atoms with E-state index in [0.29, 0.717) is 6.04 Å². The average molecular weight is 228 g/mol. The fraction of sp³-hybridized carbons (Fsp3) is 1.00. The van der Waals surface area contributed by atoms with Crippen LogP contribution in [0.25, 0.3) is 0 Å². The van der Waals surface area contributed by atoms with Gasteiger partial charge in [0.25, 0.3) is 0 Å². The summed E-state index contributed by atoms with van der Waals surface area (Å²) in [5.41, 5.74) is 0. The second-order valence-corrected chi connectivity index (χ2v) is 5.06. The first-order valence-corrected chi connectivity index (χ1v) is 6.66. The van der Waals surface area contributed by atoms with Gasteiger partial charge in [-0.3, -0.25) is 0 Å². The zero-order valence-electron chi connectivity index (χ0n) is 11.2. The Morgan fingerprint density at radius 3 is 2.94 bits per heavy atom. The summed E-state index contributed by atoms with van der Waals surface area (Å²) in [6.45, 7) is 5.52. The van der Waals surface area contributed by atoms with Gasteiger partial charge in [-0.25, -0.2) is 0 Å². The lowest BCUT2D eigenvalue weighted by Gasteiger charge is -2.32. The number of nitrogens with zero attached hydrogens (tertiary/aromatic N) is 1. The summed E-state index contributed by atoms with van der Waals surface area (Å²) in [7, 11) is 4.03. The van der Waals surface area contributed by atoms with Crippen LogP contribution in [0.3, 0.4) is 0 Å². The van der Waals surface area contributed by atoms with E-state index in [1.165, 1.54) is 32.2 Å². The molecule has 1 aliphatic rings. The molecule has 0 amide bonds. The van der Waals surface area contributed by atoms with Gasteiger partial charge in [0, 0.05) is 25.8 Å². The van der Waals surface area contributed by atoms with E-state index in [4.69, 9.17) is 4.74 Å². The molecule has 0 aromatic carbocycles. The molecule has 3 heteroatoms. The number of hydrogen-bond donors (Lipinski definition) is 1. The lowest BCUT2D eigenvalue weighted by atomic mass is 10.00. The molecule has 0 aromatic rings. The van der Waals surface area contributed by atoms with Crippen molar-refractivity contribution in [1.29, 1.82) is 0 Å². The number of nitrogens with one attached hydrogen (secondary N) is 1. The molecule has 0 aliphatic carbocycles. The smallest absolute Gasteiger partial charge is 0.0476 e. The van der Waals surface area contributed by atoms with E-state index in [1.54, 1.807) is 7.11 Å². The first-order valence-electron chi connectivity index (χ1n) is 6.66. The molecule has 0 radical (unpaired) electrons. The van der Waals surface area contributed by atoms with Crippen molar-refractivity contribution in [2.45, 2.75) is 51.1 Å². The molecule has 0 saturated carbocycles. The normalized spacial score (nSPS) is 24.6. The third kappa shape index (κ3) is 5.28. The van der Waals surface area contributed by atoms with Crippen LogP contribution in [-0.2, 0) is 4.74 Å². The summed E-state index contributed by atoms with van der Waals surface area (Å²) < 4.78 is 5.08. The minimum Gasteiger partial charge on any atom is -0.385 e. The highest BCUT2D eigenvalue weighted by atomic mass is 16.5. The molecule has 16 heavy (non-hydrogen) atoms. The van der Waals surface area contributed by atoms with Crippen LogP contribution in [0.1, 0.15) is 39.0 Å². The third-order valence-electron chi connectivity index (χ3n) is 3.65. The summed E-state index contributed by atoms with van der Waals surface area (Å²) in [5, 5.41) is 3.58. The Balaban J connectivity index is 2.05. The summed E-state index contributed by atoms with van der Waals surface area (Å²) >= 11 is 0. The van der Waals surface area contributed by atoms with Gasteiger partial charge >= 0.3 is 0 Å². The quantitative estimate of drug-likeness (QED) is 0.720. The van der Waals surface area contributed by atoms with Gasteiger partial charge in [-0.2, -0.15) is 0 Å². The molecular formula is C13H28N2O. The highest BCUT2D eigenvalue weighted by Gasteiger charge is 2.18. The van der Waals surface area contributed by atoms with Crippen molar-refractivity contribution in [3.05, 3.63) is 0 Å². The fourth-order valence-electron chi connectivity index (χ4n) is 2.40. The zero-order valence-corrected chi connectivity index (χ0v) is 11.2. The minimum atomic E-state index is 0.578. The van der Waals surface area contributed by atoms with Crippen molar-refractivity contribution in [3.63, 3.8) is 0 Å². The summed E-state index contributed by atoms with van der Waals surface area (Å²) in [6, 6.07) is 1.38. The number of piperidine rings is 1. The fourth-order valence-corrected chi connectivity index (χ4v) is 2.40. The van der Waals surface area contributed by atoms with Gasteiger partial charge in [0.05, 0.1) is 0 Å². The Kier molecular flexibility index (Phi) is 7.01. The standard InChI is InChI=1S/C13H28N2O/c1-12(8-11-16-3)14-9-7-13-6-4-5-10-15(13)2/h12-14H,4-11H2,1-3H3. The van der Waals surface area contributed by atoms with Crippen LogP contribution in [-0.4, -0.2) is 50.8 Å². The second kappa shape index (κ2) is 8.04. The summed E-state index contributed by atoms with van der Waals surface area (Å²) in [5.74, 6) is 0.